The summed E-state index contributed by atoms with van der Waals surface area (Å²) in [6.45, 7) is 6.09. The van der Waals surface area contributed by atoms with Crippen molar-refractivity contribution >= 4 is 5.91 Å². The Morgan fingerprint density at radius 2 is 1.90 bits per heavy atom. The number of nitrogens with zero attached hydrogens (tertiary/aromatic N) is 1. The van der Waals surface area contributed by atoms with Gasteiger partial charge >= 0.3 is 0 Å². The molecule has 0 aliphatic heterocycles. The Balaban J connectivity index is 2.16. The molecule has 1 fully saturated rings. The van der Waals surface area contributed by atoms with Crippen molar-refractivity contribution < 1.29 is 4.79 Å². The second-order valence-corrected chi connectivity index (χ2v) is 6.29. The molecule has 0 radical (unpaired) electrons. The molecule has 2 N–H and O–H groups in total. The number of nitrogens with two attached hydrogens (primary N) is 1. The van der Waals surface area contributed by atoms with Gasteiger partial charge in [0.1, 0.15) is 0 Å². The molecule has 3 nitrogen and oxygen atoms in total. The molecular weight excluding hydrogens is 260 g/mol. The van der Waals surface area contributed by atoms with E-state index in [1.165, 1.54) is 17.5 Å². The monoisotopic (exact) mass is 288 g/mol. The zero-order valence-electron chi connectivity index (χ0n) is 13.4. The van der Waals surface area contributed by atoms with Gasteiger partial charge in [-0.25, -0.2) is 0 Å². The first-order valence-electron chi connectivity index (χ1n) is 8.17. The van der Waals surface area contributed by atoms with Gasteiger partial charge in [0, 0.05) is 19.6 Å². The van der Waals surface area contributed by atoms with Crippen LogP contribution in [0.3, 0.4) is 0 Å². The van der Waals surface area contributed by atoms with Crippen molar-refractivity contribution in [2.75, 3.05) is 13.1 Å². The molecule has 1 amide bonds. The lowest BCUT2D eigenvalue weighted by Crippen LogP contribution is -2.48. The maximum atomic E-state index is 13.0. The molecule has 1 saturated carbocycles. The highest BCUT2D eigenvalue weighted by molar-refractivity contribution is 5.83. The number of hydrogen-bond donors (Lipinski definition) is 1. The van der Waals surface area contributed by atoms with Gasteiger partial charge in [0.15, 0.2) is 0 Å². The first-order valence-corrected chi connectivity index (χ1v) is 8.17. The molecule has 3 heteroatoms. The summed E-state index contributed by atoms with van der Waals surface area (Å²) in [5.41, 5.74) is 8.18. The third-order valence-corrected chi connectivity index (χ3v) is 4.95. The largest absolute Gasteiger partial charge is 0.338 e. The van der Waals surface area contributed by atoms with E-state index in [4.69, 9.17) is 5.73 Å². The van der Waals surface area contributed by atoms with E-state index in [0.29, 0.717) is 13.1 Å². The van der Waals surface area contributed by atoms with E-state index < -0.39 is 0 Å². The average Bonchev–Trinajstić information content (AvgIpc) is 2.54. The average molecular weight is 288 g/mol. The molecule has 1 aliphatic rings. The zero-order chi connectivity index (χ0) is 15.3. The van der Waals surface area contributed by atoms with Gasteiger partial charge < -0.3 is 10.6 Å². The van der Waals surface area contributed by atoms with Gasteiger partial charge in [0.05, 0.1) is 5.41 Å². The second-order valence-electron chi connectivity index (χ2n) is 6.29. The highest BCUT2D eigenvalue weighted by Gasteiger charge is 2.40. The van der Waals surface area contributed by atoms with Crippen LogP contribution in [-0.2, 0) is 11.3 Å². The fraction of sp³-hybridized carbons (Fsp3) is 0.611. The van der Waals surface area contributed by atoms with Crippen molar-refractivity contribution in [3.05, 3.63) is 35.4 Å². The summed E-state index contributed by atoms with van der Waals surface area (Å²) in [6.07, 6.45) is 5.40. The predicted octanol–water partition coefficient (Wildman–Crippen LogP) is 3.25. The van der Waals surface area contributed by atoms with Crippen LogP contribution in [0.2, 0.25) is 0 Å². The van der Waals surface area contributed by atoms with Crippen LogP contribution in [-0.4, -0.2) is 23.9 Å². The van der Waals surface area contributed by atoms with Crippen LogP contribution in [0.5, 0.6) is 0 Å². The molecule has 116 valence electrons. The molecule has 0 atom stereocenters. The Labute approximate surface area is 128 Å². The van der Waals surface area contributed by atoms with Crippen molar-refractivity contribution in [3.8, 4) is 0 Å². The maximum absolute atomic E-state index is 13.0. The van der Waals surface area contributed by atoms with E-state index in [1.807, 2.05) is 17.0 Å². The summed E-state index contributed by atoms with van der Waals surface area (Å²) in [7, 11) is 0. The van der Waals surface area contributed by atoms with E-state index in [-0.39, 0.29) is 11.3 Å². The van der Waals surface area contributed by atoms with E-state index in [9.17, 15) is 4.79 Å². The van der Waals surface area contributed by atoms with E-state index >= 15 is 0 Å². The number of aryl methyl sites for hydroxylation is 1. The van der Waals surface area contributed by atoms with Crippen LogP contribution < -0.4 is 5.73 Å². The summed E-state index contributed by atoms with van der Waals surface area (Å²) in [4.78, 5) is 15.0. The summed E-state index contributed by atoms with van der Waals surface area (Å²) in [6, 6.07) is 8.30. The Kier molecular flexibility index (Phi) is 5.40. The van der Waals surface area contributed by atoms with E-state index in [0.717, 1.165) is 32.2 Å². The van der Waals surface area contributed by atoms with Crippen molar-refractivity contribution in [2.45, 2.75) is 52.5 Å². The summed E-state index contributed by atoms with van der Waals surface area (Å²) < 4.78 is 0. The fourth-order valence-corrected chi connectivity index (χ4v) is 3.39. The van der Waals surface area contributed by atoms with Crippen molar-refractivity contribution in [2.24, 2.45) is 11.1 Å². The van der Waals surface area contributed by atoms with Crippen LogP contribution in [0.25, 0.3) is 0 Å². The molecule has 2 rings (SSSR count). The molecule has 0 heterocycles. The first-order chi connectivity index (χ1) is 10.1. The third kappa shape index (κ3) is 3.46. The van der Waals surface area contributed by atoms with Gasteiger partial charge in [-0.1, -0.05) is 43.5 Å². The van der Waals surface area contributed by atoms with Gasteiger partial charge in [-0.2, -0.15) is 0 Å². The molecular formula is C18H28N2O. The summed E-state index contributed by atoms with van der Waals surface area (Å²) in [5.74, 6) is 0.260. The molecule has 1 aromatic carbocycles. The highest BCUT2D eigenvalue weighted by Crippen LogP contribution is 2.37. The zero-order valence-corrected chi connectivity index (χ0v) is 13.4. The lowest BCUT2D eigenvalue weighted by Gasteiger charge is -2.39. The van der Waals surface area contributed by atoms with Gasteiger partial charge in [-0.3, -0.25) is 4.79 Å². The molecule has 0 bridgehead atoms. The predicted molar refractivity (Wildman–Crippen MR) is 86.8 cm³/mol. The second kappa shape index (κ2) is 7.08. The molecule has 0 spiro atoms. The smallest absolute Gasteiger partial charge is 0.230 e. The lowest BCUT2D eigenvalue weighted by atomic mass is 9.73. The SMILES string of the molecule is CCN(Cc1ccccc1C)C(=O)C1(CN)CCCCC1. The number of rotatable bonds is 5. The van der Waals surface area contributed by atoms with Gasteiger partial charge in [0.25, 0.3) is 0 Å². The molecule has 21 heavy (non-hydrogen) atoms. The van der Waals surface area contributed by atoms with Gasteiger partial charge in [0.2, 0.25) is 5.91 Å². The molecule has 0 aromatic heterocycles. The minimum atomic E-state index is -0.309. The van der Waals surface area contributed by atoms with Crippen molar-refractivity contribution in [1.29, 1.82) is 0 Å². The number of amides is 1. The Morgan fingerprint density at radius 1 is 1.24 bits per heavy atom. The van der Waals surface area contributed by atoms with Crippen LogP contribution in [0.4, 0.5) is 0 Å². The van der Waals surface area contributed by atoms with Crippen LogP contribution in [0.15, 0.2) is 24.3 Å². The standard InChI is InChI=1S/C18H28N2O/c1-3-20(13-16-10-6-5-9-15(16)2)17(21)18(14-19)11-7-4-8-12-18/h5-6,9-10H,3-4,7-8,11-14,19H2,1-2H3. The first kappa shape index (κ1) is 16.0. The van der Waals surface area contributed by atoms with Crippen molar-refractivity contribution in [3.63, 3.8) is 0 Å². The van der Waals surface area contributed by atoms with Crippen LogP contribution in [0, 0.1) is 12.3 Å². The van der Waals surface area contributed by atoms with Gasteiger partial charge in [-0.15, -0.1) is 0 Å². The third-order valence-electron chi connectivity index (χ3n) is 4.95. The Morgan fingerprint density at radius 3 is 2.48 bits per heavy atom. The highest BCUT2D eigenvalue weighted by atomic mass is 16.2. The number of benzene rings is 1. The number of carbonyl (C=O) groups excluding carboxylic acids is 1. The minimum Gasteiger partial charge on any atom is -0.338 e. The van der Waals surface area contributed by atoms with E-state index in [1.54, 1.807) is 0 Å². The topological polar surface area (TPSA) is 46.3 Å². The van der Waals surface area contributed by atoms with Crippen molar-refractivity contribution in [1.82, 2.24) is 4.90 Å². The molecule has 1 aromatic rings. The lowest BCUT2D eigenvalue weighted by molar-refractivity contribution is -0.144. The van der Waals surface area contributed by atoms with Crippen LogP contribution >= 0.6 is 0 Å². The quantitative estimate of drug-likeness (QED) is 0.904. The van der Waals surface area contributed by atoms with E-state index in [2.05, 4.69) is 26.0 Å². The maximum Gasteiger partial charge on any atom is 0.230 e. The number of carbonyl (C=O) groups is 1. The normalized spacial score (nSPS) is 17.5. The minimum absolute atomic E-state index is 0.260. The molecule has 0 unspecified atom stereocenters. The summed E-state index contributed by atoms with van der Waals surface area (Å²) in [5, 5.41) is 0. The summed E-state index contributed by atoms with van der Waals surface area (Å²) >= 11 is 0. The Bertz CT molecular complexity index is 478. The van der Waals surface area contributed by atoms with Crippen LogP contribution in [0.1, 0.15) is 50.2 Å². The fourth-order valence-electron chi connectivity index (χ4n) is 3.39. The Hall–Kier alpha value is -1.35. The van der Waals surface area contributed by atoms with Gasteiger partial charge in [-0.05, 0) is 37.8 Å². The molecule has 1 aliphatic carbocycles. The number of hydrogen-bond acceptors (Lipinski definition) is 2. The molecule has 0 saturated heterocycles.